The zero-order valence-corrected chi connectivity index (χ0v) is 24.8. The van der Waals surface area contributed by atoms with Crippen molar-refractivity contribution in [2.24, 2.45) is 17.8 Å². The number of benzene rings is 2. The third-order valence-corrected chi connectivity index (χ3v) is 14.3. The van der Waals surface area contributed by atoms with Crippen LogP contribution in [-0.4, -0.2) is 21.4 Å². The molecule has 0 heterocycles. The van der Waals surface area contributed by atoms with Crippen LogP contribution in [0.2, 0.25) is 18.1 Å². The van der Waals surface area contributed by atoms with Crippen LogP contribution < -0.4 is 4.43 Å². The van der Waals surface area contributed by atoms with Gasteiger partial charge in [-0.15, -0.1) is 0 Å². The first-order valence-corrected chi connectivity index (χ1v) is 17.0. The molecule has 0 unspecified atom stereocenters. The number of hydrogen-bond donors (Lipinski definition) is 0. The Morgan fingerprint density at radius 1 is 0.919 bits per heavy atom. The highest BCUT2D eigenvalue weighted by molar-refractivity contribution is 6.74. The summed E-state index contributed by atoms with van der Waals surface area (Å²) < 4.78 is 11.9. The molecule has 0 atom stereocenters. The molecule has 198 valence electrons. The van der Waals surface area contributed by atoms with Crippen molar-refractivity contribution in [1.82, 2.24) is 0 Å². The molecule has 4 heteroatoms. The predicted octanol–water partition coefficient (Wildman–Crippen LogP) is 8.89. The molecule has 4 fully saturated rings. The predicted molar refractivity (Wildman–Crippen MR) is 155 cm³/mol. The number of esters is 1. The van der Waals surface area contributed by atoms with Gasteiger partial charge in [-0.25, -0.2) is 4.79 Å². The molecule has 4 bridgehead atoms. The lowest BCUT2D eigenvalue weighted by Gasteiger charge is -2.57. The maximum Gasteiger partial charge on any atom is 0.337 e. The van der Waals surface area contributed by atoms with Crippen LogP contribution >= 0.6 is 0 Å². The average molecular weight is 517 g/mol. The lowest BCUT2D eigenvalue weighted by atomic mass is 9.48. The fraction of sp³-hybridized carbons (Fsp3) is 0.545. The Balaban J connectivity index is 1.53. The third kappa shape index (κ3) is 5.06. The van der Waals surface area contributed by atoms with Gasteiger partial charge in [-0.2, -0.15) is 0 Å². The maximum atomic E-state index is 11.8. The monoisotopic (exact) mass is 516 g/mol. The van der Waals surface area contributed by atoms with Gasteiger partial charge in [-0.1, -0.05) is 45.0 Å². The second-order valence-corrected chi connectivity index (χ2v) is 18.4. The van der Waals surface area contributed by atoms with Crippen LogP contribution in [0.4, 0.5) is 0 Å². The summed E-state index contributed by atoms with van der Waals surface area (Å²) in [6.07, 6.45) is 10.5. The lowest BCUT2D eigenvalue weighted by Crippen LogP contribution is -2.49. The van der Waals surface area contributed by atoms with Crippen LogP contribution in [0, 0.1) is 17.8 Å². The number of carbonyl (C=O) groups is 1. The summed E-state index contributed by atoms with van der Waals surface area (Å²) in [7, 11) is -0.550. The molecule has 0 aromatic heterocycles. The second kappa shape index (κ2) is 9.45. The summed E-state index contributed by atoms with van der Waals surface area (Å²) in [5.41, 5.74) is 5.91. The molecule has 0 saturated heterocycles. The summed E-state index contributed by atoms with van der Waals surface area (Å²) in [5, 5.41) is 0.163. The molecule has 0 radical (unpaired) electrons. The highest BCUT2D eigenvalue weighted by atomic mass is 28.4. The zero-order valence-electron chi connectivity index (χ0n) is 23.8. The van der Waals surface area contributed by atoms with E-state index in [-0.39, 0.29) is 16.4 Å². The number of hydrogen-bond acceptors (Lipinski definition) is 3. The Kier molecular flexibility index (Phi) is 6.71. The van der Waals surface area contributed by atoms with Gasteiger partial charge in [0, 0.05) is 0 Å². The van der Waals surface area contributed by atoms with Crippen LogP contribution in [0.5, 0.6) is 5.75 Å². The van der Waals surface area contributed by atoms with E-state index < -0.39 is 8.32 Å². The molecule has 6 rings (SSSR count). The second-order valence-electron chi connectivity index (χ2n) is 13.7. The average Bonchev–Trinajstić information content (AvgIpc) is 2.82. The van der Waals surface area contributed by atoms with Gasteiger partial charge in [0.15, 0.2) is 0 Å². The number of allylic oxidation sites excluding steroid dienone is 1. The highest BCUT2D eigenvalue weighted by Crippen LogP contribution is 2.62. The van der Waals surface area contributed by atoms with E-state index in [1.807, 2.05) is 24.3 Å². The van der Waals surface area contributed by atoms with E-state index in [9.17, 15) is 4.79 Å². The minimum absolute atomic E-state index is 0.163. The largest absolute Gasteiger partial charge is 0.543 e. The van der Waals surface area contributed by atoms with E-state index in [0.29, 0.717) is 5.56 Å². The fourth-order valence-corrected chi connectivity index (χ4v) is 8.35. The first-order valence-electron chi connectivity index (χ1n) is 14.1. The lowest BCUT2D eigenvalue weighted by molar-refractivity contribution is -0.00587. The molecule has 0 spiro atoms. The van der Waals surface area contributed by atoms with Crippen molar-refractivity contribution in [3.05, 3.63) is 64.7 Å². The fourth-order valence-electron chi connectivity index (χ4n) is 7.31. The van der Waals surface area contributed by atoms with Crippen LogP contribution in [0.1, 0.15) is 93.3 Å². The molecule has 4 aliphatic carbocycles. The van der Waals surface area contributed by atoms with Crippen molar-refractivity contribution < 1.29 is 14.0 Å². The normalized spacial score (nSPS) is 27.3. The molecule has 0 N–H and O–H groups in total. The Bertz CT molecular complexity index is 1160. The number of rotatable bonds is 6. The Morgan fingerprint density at radius 2 is 1.46 bits per heavy atom. The number of carbonyl (C=O) groups excluding carboxylic acids is 1. The van der Waals surface area contributed by atoms with Crippen molar-refractivity contribution in [2.75, 3.05) is 7.11 Å². The molecule has 4 saturated carbocycles. The van der Waals surface area contributed by atoms with Crippen LogP contribution in [0.25, 0.3) is 11.6 Å². The summed E-state index contributed by atoms with van der Waals surface area (Å²) in [4.78, 5) is 11.8. The molecule has 2 aromatic carbocycles. The minimum atomic E-state index is -1.97. The molecule has 0 aliphatic heterocycles. The van der Waals surface area contributed by atoms with Crippen molar-refractivity contribution in [3.8, 4) is 5.75 Å². The Hall–Kier alpha value is -2.33. The van der Waals surface area contributed by atoms with E-state index in [1.165, 1.54) is 62.3 Å². The molecule has 3 nitrogen and oxygen atoms in total. The summed E-state index contributed by atoms with van der Waals surface area (Å²) >= 11 is 0. The molecule has 0 amide bonds. The number of methoxy groups -OCH3 is 1. The summed E-state index contributed by atoms with van der Waals surface area (Å²) in [5.74, 6) is 3.51. The first kappa shape index (κ1) is 26.3. The number of ether oxygens (including phenoxy) is 1. The van der Waals surface area contributed by atoms with Gasteiger partial charge in [0.2, 0.25) is 8.32 Å². The zero-order chi connectivity index (χ0) is 26.6. The first-order chi connectivity index (χ1) is 17.4. The van der Waals surface area contributed by atoms with Crippen molar-refractivity contribution in [1.29, 1.82) is 0 Å². The van der Waals surface area contributed by atoms with E-state index in [4.69, 9.17) is 9.16 Å². The summed E-state index contributed by atoms with van der Waals surface area (Å²) in [6.45, 7) is 13.9. The highest BCUT2D eigenvalue weighted by Gasteiger charge is 2.53. The third-order valence-electron chi connectivity index (χ3n) is 9.93. The van der Waals surface area contributed by atoms with Gasteiger partial charge < -0.3 is 9.16 Å². The smallest absolute Gasteiger partial charge is 0.337 e. The molecule has 37 heavy (non-hydrogen) atoms. The van der Waals surface area contributed by atoms with Gasteiger partial charge in [0.1, 0.15) is 5.75 Å². The van der Waals surface area contributed by atoms with Crippen molar-refractivity contribution in [3.63, 3.8) is 0 Å². The van der Waals surface area contributed by atoms with Gasteiger partial charge in [-0.05, 0) is 133 Å². The maximum absolute atomic E-state index is 11.8. The van der Waals surface area contributed by atoms with Crippen molar-refractivity contribution >= 4 is 25.9 Å². The molecule has 4 aliphatic rings. The topological polar surface area (TPSA) is 35.5 Å². The van der Waals surface area contributed by atoms with Gasteiger partial charge >= 0.3 is 5.97 Å². The Morgan fingerprint density at radius 3 is 1.97 bits per heavy atom. The molecular weight excluding hydrogens is 472 g/mol. The van der Waals surface area contributed by atoms with Crippen LogP contribution in [0.3, 0.4) is 0 Å². The van der Waals surface area contributed by atoms with E-state index >= 15 is 0 Å². The van der Waals surface area contributed by atoms with Gasteiger partial charge in [0.05, 0.1) is 12.7 Å². The van der Waals surface area contributed by atoms with E-state index in [2.05, 4.69) is 65.1 Å². The standard InChI is InChI=1S/C33H44O3Si/c1-22(14-23-8-10-27(11-9-23)31(34)35-5)28-12-13-30(36-37(6,7)32(2,3)4)29(18-28)33-19-24-15-25(20-33)17-26(16-24)21-33/h8-14,18,24-26H,15-17,19-21H2,1-7H3. The van der Waals surface area contributed by atoms with E-state index in [0.717, 1.165) is 29.1 Å². The van der Waals surface area contributed by atoms with Crippen LogP contribution in [0.15, 0.2) is 42.5 Å². The quantitative estimate of drug-likeness (QED) is 0.218. The molecular formula is C33H44O3Si. The van der Waals surface area contributed by atoms with Gasteiger partial charge in [0.25, 0.3) is 0 Å². The van der Waals surface area contributed by atoms with E-state index in [1.54, 1.807) is 0 Å². The van der Waals surface area contributed by atoms with Crippen molar-refractivity contribution in [2.45, 2.75) is 89.8 Å². The Labute approximate surface area is 224 Å². The van der Waals surface area contributed by atoms with Crippen LogP contribution in [-0.2, 0) is 10.2 Å². The minimum Gasteiger partial charge on any atom is -0.543 e. The molecule has 2 aromatic rings. The van der Waals surface area contributed by atoms with Gasteiger partial charge in [-0.3, -0.25) is 0 Å². The summed E-state index contributed by atoms with van der Waals surface area (Å²) in [6, 6.07) is 14.7. The SMILES string of the molecule is COC(=O)c1ccc(C=C(C)c2ccc(O[Si](C)(C)C(C)(C)C)c(C34CC5CC(CC(C5)C3)C4)c2)cc1.